The molecule has 0 aliphatic heterocycles. The smallest absolute Gasteiger partial charge is 0.305 e. The monoisotopic (exact) mass is 279 g/mol. The van der Waals surface area contributed by atoms with Crippen molar-refractivity contribution in [2.45, 2.75) is 50.5 Å². The molecular weight excluding hydrogens is 260 g/mol. The predicted octanol–water partition coefficient (Wildman–Crippen LogP) is 1.56. The molecule has 110 valence electrons. The van der Waals surface area contributed by atoms with Crippen LogP contribution < -0.4 is 5.32 Å². The second kappa shape index (κ2) is 7.37. The molecule has 0 heterocycles. The molecule has 7 heteroatoms. The number of alkyl halides is 2. The van der Waals surface area contributed by atoms with Gasteiger partial charge in [-0.25, -0.2) is 8.78 Å². The fourth-order valence-electron chi connectivity index (χ4n) is 2.38. The molecule has 0 aromatic carbocycles. The van der Waals surface area contributed by atoms with E-state index in [2.05, 4.69) is 10.1 Å². The van der Waals surface area contributed by atoms with E-state index >= 15 is 0 Å². The first-order valence-corrected chi connectivity index (χ1v) is 6.32. The summed E-state index contributed by atoms with van der Waals surface area (Å²) in [5.41, 5.74) is -0.675. The molecular formula is C12H19F2NO4. The summed E-state index contributed by atoms with van der Waals surface area (Å²) < 4.78 is 28.2. The molecule has 0 unspecified atom stereocenters. The number of amides is 1. The molecule has 19 heavy (non-hydrogen) atoms. The maximum absolute atomic E-state index is 11.8. The van der Waals surface area contributed by atoms with Crippen LogP contribution in [-0.4, -0.2) is 42.2 Å². The molecule has 1 aliphatic rings. The van der Waals surface area contributed by atoms with Gasteiger partial charge in [-0.3, -0.25) is 9.59 Å². The van der Waals surface area contributed by atoms with Gasteiger partial charge in [0.2, 0.25) is 5.91 Å². The van der Waals surface area contributed by atoms with Crippen LogP contribution in [0.4, 0.5) is 8.78 Å². The van der Waals surface area contributed by atoms with E-state index in [0.717, 1.165) is 12.8 Å². The number of carboxylic acid groups (broad SMARTS) is 1. The summed E-state index contributed by atoms with van der Waals surface area (Å²) in [6.07, 6.45) is 0.373. The van der Waals surface area contributed by atoms with Crippen molar-refractivity contribution in [2.24, 2.45) is 0 Å². The van der Waals surface area contributed by atoms with Gasteiger partial charge in [0.15, 0.2) is 0 Å². The first kappa shape index (κ1) is 15.8. The number of carbonyl (C=O) groups excluding carboxylic acids is 1. The highest BCUT2D eigenvalue weighted by Crippen LogP contribution is 2.32. The van der Waals surface area contributed by atoms with E-state index in [0.29, 0.717) is 12.8 Å². The maximum atomic E-state index is 11.8. The van der Waals surface area contributed by atoms with Gasteiger partial charge < -0.3 is 15.2 Å². The van der Waals surface area contributed by atoms with Gasteiger partial charge in [0.1, 0.15) is 6.61 Å². The molecule has 0 bridgehead atoms. The van der Waals surface area contributed by atoms with Gasteiger partial charge in [-0.1, -0.05) is 12.8 Å². The molecule has 0 aromatic heterocycles. The number of hydrogen-bond donors (Lipinski definition) is 2. The summed E-state index contributed by atoms with van der Waals surface area (Å²) in [6, 6.07) is 0. The minimum absolute atomic E-state index is 0.0336. The summed E-state index contributed by atoms with van der Waals surface area (Å²) in [5.74, 6) is -1.30. The number of carboxylic acids is 1. The van der Waals surface area contributed by atoms with Crippen molar-refractivity contribution in [1.82, 2.24) is 5.32 Å². The second-order valence-corrected chi connectivity index (χ2v) is 4.82. The molecule has 1 aliphatic carbocycles. The van der Waals surface area contributed by atoms with Crippen LogP contribution in [0.25, 0.3) is 0 Å². The Balaban J connectivity index is 2.33. The summed E-state index contributed by atoms with van der Waals surface area (Å²) in [4.78, 5) is 22.5. The van der Waals surface area contributed by atoms with E-state index in [1.165, 1.54) is 0 Å². The van der Waals surface area contributed by atoms with Gasteiger partial charge >= 0.3 is 5.97 Å². The van der Waals surface area contributed by atoms with E-state index in [9.17, 15) is 18.4 Å². The van der Waals surface area contributed by atoms with Gasteiger partial charge in [0.05, 0.1) is 18.6 Å². The molecule has 0 spiro atoms. The van der Waals surface area contributed by atoms with Gasteiger partial charge in [-0.05, 0) is 12.8 Å². The molecule has 1 saturated carbocycles. The zero-order chi connectivity index (χ0) is 14.3. The quantitative estimate of drug-likeness (QED) is 0.661. The number of carbonyl (C=O) groups is 2. The van der Waals surface area contributed by atoms with E-state index in [1.807, 2.05) is 0 Å². The number of aliphatic carboxylic acids is 1. The fourth-order valence-corrected chi connectivity index (χ4v) is 2.38. The predicted molar refractivity (Wildman–Crippen MR) is 63.0 cm³/mol. The van der Waals surface area contributed by atoms with Crippen LogP contribution in [0, 0.1) is 0 Å². The van der Waals surface area contributed by atoms with Crippen LogP contribution in [0.3, 0.4) is 0 Å². The van der Waals surface area contributed by atoms with Crippen LogP contribution in [0.2, 0.25) is 0 Å². The minimum atomic E-state index is -2.55. The van der Waals surface area contributed by atoms with Crippen LogP contribution >= 0.6 is 0 Å². The largest absolute Gasteiger partial charge is 0.481 e. The Bertz CT molecular complexity index is 317. The Kier molecular flexibility index (Phi) is 6.14. The zero-order valence-electron chi connectivity index (χ0n) is 10.7. The van der Waals surface area contributed by atoms with E-state index in [-0.39, 0.29) is 25.4 Å². The average Bonchev–Trinajstić information content (AvgIpc) is 2.71. The maximum Gasteiger partial charge on any atom is 0.305 e. The SMILES string of the molecule is O=C(O)CC1(NC(=O)CCOCC(F)F)CCCC1. The summed E-state index contributed by atoms with van der Waals surface area (Å²) >= 11 is 0. The summed E-state index contributed by atoms with van der Waals surface area (Å²) in [6.45, 7) is -0.771. The van der Waals surface area contributed by atoms with Crippen molar-refractivity contribution in [3.63, 3.8) is 0 Å². The first-order valence-electron chi connectivity index (χ1n) is 6.32. The number of halogens is 2. The van der Waals surface area contributed by atoms with Crippen LogP contribution in [0.5, 0.6) is 0 Å². The van der Waals surface area contributed by atoms with E-state index in [1.54, 1.807) is 0 Å². The topological polar surface area (TPSA) is 75.6 Å². The lowest BCUT2D eigenvalue weighted by atomic mass is 9.93. The standard InChI is InChI=1S/C12H19F2NO4/c13-9(14)8-19-6-3-10(16)15-12(7-11(17)18)4-1-2-5-12/h9H,1-8H2,(H,15,16)(H,17,18). The molecule has 1 rings (SSSR count). The minimum Gasteiger partial charge on any atom is -0.481 e. The average molecular weight is 279 g/mol. The van der Waals surface area contributed by atoms with Crippen molar-refractivity contribution in [3.8, 4) is 0 Å². The number of hydrogen-bond acceptors (Lipinski definition) is 3. The molecule has 0 radical (unpaired) electrons. The zero-order valence-corrected chi connectivity index (χ0v) is 10.7. The molecule has 0 atom stereocenters. The Morgan fingerprint density at radius 3 is 2.47 bits per heavy atom. The molecule has 5 nitrogen and oxygen atoms in total. The molecule has 2 N–H and O–H groups in total. The Hall–Kier alpha value is -1.24. The normalized spacial score (nSPS) is 17.6. The summed E-state index contributed by atoms with van der Waals surface area (Å²) in [7, 11) is 0. The van der Waals surface area contributed by atoms with Crippen molar-refractivity contribution < 1.29 is 28.2 Å². The first-order chi connectivity index (χ1) is 8.93. The van der Waals surface area contributed by atoms with Crippen molar-refractivity contribution in [1.29, 1.82) is 0 Å². The lowest BCUT2D eigenvalue weighted by molar-refractivity contribution is -0.139. The molecule has 0 saturated heterocycles. The molecule has 1 fully saturated rings. The van der Waals surface area contributed by atoms with Gasteiger partial charge in [-0.15, -0.1) is 0 Å². The van der Waals surface area contributed by atoms with Gasteiger partial charge in [-0.2, -0.15) is 0 Å². The number of rotatable bonds is 8. The van der Waals surface area contributed by atoms with Gasteiger partial charge in [0.25, 0.3) is 6.43 Å². The van der Waals surface area contributed by atoms with E-state index < -0.39 is 24.5 Å². The van der Waals surface area contributed by atoms with Crippen LogP contribution in [0.15, 0.2) is 0 Å². The Labute approximate surface area is 110 Å². The molecule has 1 amide bonds. The summed E-state index contributed by atoms with van der Waals surface area (Å²) in [5, 5.41) is 11.6. The van der Waals surface area contributed by atoms with Crippen LogP contribution in [0.1, 0.15) is 38.5 Å². The number of nitrogens with one attached hydrogen (secondary N) is 1. The second-order valence-electron chi connectivity index (χ2n) is 4.82. The third-order valence-corrected chi connectivity index (χ3v) is 3.17. The lowest BCUT2D eigenvalue weighted by Gasteiger charge is -2.28. The highest BCUT2D eigenvalue weighted by Gasteiger charge is 2.37. The van der Waals surface area contributed by atoms with Crippen molar-refractivity contribution >= 4 is 11.9 Å². The van der Waals surface area contributed by atoms with Crippen molar-refractivity contribution in [2.75, 3.05) is 13.2 Å². The Morgan fingerprint density at radius 1 is 1.32 bits per heavy atom. The highest BCUT2D eigenvalue weighted by atomic mass is 19.3. The lowest BCUT2D eigenvalue weighted by Crippen LogP contribution is -2.48. The third kappa shape index (κ3) is 5.96. The number of ether oxygens (including phenoxy) is 1. The highest BCUT2D eigenvalue weighted by molar-refractivity contribution is 5.78. The van der Waals surface area contributed by atoms with E-state index in [4.69, 9.17) is 5.11 Å². The van der Waals surface area contributed by atoms with Gasteiger partial charge in [0, 0.05) is 6.42 Å². The van der Waals surface area contributed by atoms with Crippen molar-refractivity contribution in [3.05, 3.63) is 0 Å². The fraction of sp³-hybridized carbons (Fsp3) is 0.833. The van der Waals surface area contributed by atoms with Crippen LogP contribution in [-0.2, 0) is 14.3 Å². The molecule has 0 aromatic rings. The third-order valence-electron chi connectivity index (χ3n) is 3.17. The Morgan fingerprint density at radius 2 is 1.95 bits per heavy atom.